The Bertz CT molecular complexity index is 1030. The molecule has 0 bridgehead atoms. The Morgan fingerprint density at radius 2 is 1.85 bits per heavy atom. The molecule has 7 heteroatoms. The minimum absolute atomic E-state index is 0.236. The Labute approximate surface area is 164 Å². The number of aryl methyl sites for hydroxylation is 2. The summed E-state index contributed by atoms with van der Waals surface area (Å²) in [5.74, 6) is 0.667. The highest BCUT2D eigenvalue weighted by Gasteiger charge is 2.15. The monoisotopic (exact) mass is 402 g/mol. The highest BCUT2D eigenvalue weighted by atomic mass is 32.2. The Kier molecular flexibility index (Phi) is 5.94. The second-order valence-electron chi connectivity index (χ2n) is 6.29. The van der Waals surface area contributed by atoms with Crippen LogP contribution in [-0.4, -0.2) is 27.1 Å². The third-order valence-corrected chi connectivity index (χ3v) is 6.60. The molecule has 0 saturated carbocycles. The lowest BCUT2D eigenvalue weighted by molar-refractivity contribution is 0.411. The van der Waals surface area contributed by atoms with Gasteiger partial charge in [-0.3, -0.25) is 0 Å². The van der Waals surface area contributed by atoms with Crippen molar-refractivity contribution in [1.82, 2.24) is 9.71 Å². The second-order valence-corrected chi connectivity index (χ2v) is 8.91. The van der Waals surface area contributed by atoms with Crippen molar-refractivity contribution in [3.05, 3.63) is 64.7 Å². The molecule has 5 nitrogen and oxygen atoms in total. The molecule has 3 aromatic rings. The van der Waals surface area contributed by atoms with E-state index >= 15 is 0 Å². The van der Waals surface area contributed by atoms with Crippen LogP contribution in [-0.2, 0) is 16.4 Å². The molecule has 0 fully saturated rings. The number of nitrogens with zero attached hydrogens (tertiary/aromatic N) is 1. The van der Waals surface area contributed by atoms with Gasteiger partial charge in [0.1, 0.15) is 10.8 Å². The molecule has 0 amide bonds. The highest BCUT2D eigenvalue weighted by Crippen LogP contribution is 2.24. The van der Waals surface area contributed by atoms with E-state index in [1.165, 1.54) is 5.56 Å². The van der Waals surface area contributed by atoms with E-state index in [2.05, 4.69) is 21.8 Å². The van der Waals surface area contributed by atoms with Crippen LogP contribution in [0.1, 0.15) is 16.8 Å². The number of aromatic nitrogens is 1. The number of hydrogen-bond donors (Lipinski definition) is 1. The van der Waals surface area contributed by atoms with Gasteiger partial charge in [0.2, 0.25) is 10.0 Å². The first kappa shape index (κ1) is 19.5. The van der Waals surface area contributed by atoms with Gasteiger partial charge in [-0.05, 0) is 37.6 Å². The molecule has 0 spiro atoms. The molecule has 2 aromatic carbocycles. The maximum Gasteiger partial charge on any atom is 0.240 e. The van der Waals surface area contributed by atoms with E-state index in [1.807, 2.05) is 31.4 Å². The van der Waals surface area contributed by atoms with Crippen LogP contribution in [0.4, 0.5) is 0 Å². The molecule has 3 rings (SSSR count). The zero-order valence-corrected chi connectivity index (χ0v) is 17.2. The van der Waals surface area contributed by atoms with Crippen LogP contribution in [0.15, 0.2) is 52.7 Å². The second kappa shape index (κ2) is 8.21. The molecule has 0 atom stereocenters. The lowest BCUT2D eigenvalue weighted by atomic mass is 10.2. The summed E-state index contributed by atoms with van der Waals surface area (Å²) in [6.07, 6.45) is 0.538. The molecule has 27 heavy (non-hydrogen) atoms. The lowest BCUT2D eigenvalue weighted by Crippen LogP contribution is -2.26. The van der Waals surface area contributed by atoms with Crippen LogP contribution in [0.5, 0.6) is 5.75 Å². The summed E-state index contributed by atoms with van der Waals surface area (Å²) >= 11 is 1.57. The number of sulfonamides is 1. The fourth-order valence-electron chi connectivity index (χ4n) is 2.67. The zero-order chi connectivity index (χ0) is 19.4. The summed E-state index contributed by atoms with van der Waals surface area (Å²) in [4.78, 5) is 4.84. The fourth-order valence-corrected chi connectivity index (χ4v) is 4.64. The van der Waals surface area contributed by atoms with Gasteiger partial charge in [0, 0.05) is 23.9 Å². The predicted molar refractivity (Wildman–Crippen MR) is 109 cm³/mol. The van der Waals surface area contributed by atoms with Gasteiger partial charge in [-0.1, -0.05) is 29.8 Å². The van der Waals surface area contributed by atoms with Gasteiger partial charge >= 0.3 is 0 Å². The maximum atomic E-state index is 12.5. The van der Waals surface area contributed by atoms with E-state index in [9.17, 15) is 8.42 Å². The predicted octanol–water partition coefficient (Wildman–Crippen LogP) is 3.96. The summed E-state index contributed by atoms with van der Waals surface area (Å²) in [6.45, 7) is 4.16. The highest BCUT2D eigenvalue weighted by molar-refractivity contribution is 7.89. The Morgan fingerprint density at radius 3 is 2.52 bits per heavy atom. The number of nitrogens with one attached hydrogen (secondary N) is 1. The van der Waals surface area contributed by atoms with Crippen molar-refractivity contribution in [2.45, 2.75) is 25.2 Å². The SMILES string of the molecule is COc1ccc(S(=O)(=O)NCCc2csc(-c3ccc(C)cc3)n2)cc1C. The van der Waals surface area contributed by atoms with Crippen molar-refractivity contribution >= 4 is 21.4 Å². The van der Waals surface area contributed by atoms with Crippen LogP contribution in [0, 0.1) is 13.8 Å². The molecular formula is C20H22N2O3S2. The van der Waals surface area contributed by atoms with E-state index < -0.39 is 10.0 Å². The summed E-state index contributed by atoms with van der Waals surface area (Å²) < 4.78 is 32.7. The first-order valence-corrected chi connectivity index (χ1v) is 10.9. The average Bonchev–Trinajstić information content (AvgIpc) is 3.11. The van der Waals surface area contributed by atoms with E-state index in [0.29, 0.717) is 18.7 Å². The van der Waals surface area contributed by atoms with Gasteiger partial charge in [0.25, 0.3) is 0 Å². The Balaban J connectivity index is 1.62. The van der Waals surface area contributed by atoms with Crippen molar-refractivity contribution < 1.29 is 13.2 Å². The first-order chi connectivity index (χ1) is 12.9. The van der Waals surface area contributed by atoms with Crippen LogP contribution < -0.4 is 9.46 Å². The lowest BCUT2D eigenvalue weighted by Gasteiger charge is -2.09. The minimum atomic E-state index is -3.56. The molecule has 0 aliphatic rings. The molecule has 0 radical (unpaired) electrons. The quantitative estimate of drug-likeness (QED) is 0.650. The number of ether oxygens (including phenoxy) is 1. The zero-order valence-electron chi connectivity index (χ0n) is 15.5. The van der Waals surface area contributed by atoms with Gasteiger partial charge in [-0.15, -0.1) is 11.3 Å². The van der Waals surface area contributed by atoms with E-state index in [1.54, 1.807) is 36.6 Å². The number of benzene rings is 2. The minimum Gasteiger partial charge on any atom is -0.496 e. The van der Waals surface area contributed by atoms with Gasteiger partial charge in [0.05, 0.1) is 17.7 Å². The van der Waals surface area contributed by atoms with Crippen molar-refractivity contribution in [2.24, 2.45) is 0 Å². The summed E-state index contributed by atoms with van der Waals surface area (Å²) in [7, 11) is -1.99. The van der Waals surface area contributed by atoms with Crippen molar-refractivity contribution in [3.8, 4) is 16.3 Å². The molecule has 142 valence electrons. The molecule has 0 saturated heterocycles. The molecule has 1 aromatic heterocycles. The van der Waals surface area contributed by atoms with E-state index in [-0.39, 0.29) is 4.90 Å². The van der Waals surface area contributed by atoms with Crippen LogP contribution >= 0.6 is 11.3 Å². The molecule has 0 aliphatic carbocycles. The third-order valence-electron chi connectivity index (χ3n) is 4.20. The van der Waals surface area contributed by atoms with Crippen LogP contribution in [0.2, 0.25) is 0 Å². The van der Waals surface area contributed by atoms with Crippen molar-refractivity contribution in [3.63, 3.8) is 0 Å². The standard InChI is InChI=1S/C20H22N2O3S2/c1-14-4-6-16(7-5-14)20-22-17(13-26-20)10-11-21-27(23,24)18-8-9-19(25-3)15(2)12-18/h4-9,12-13,21H,10-11H2,1-3H3. The normalized spacial score (nSPS) is 11.5. The van der Waals surface area contributed by atoms with Gasteiger partial charge in [-0.2, -0.15) is 0 Å². The van der Waals surface area contributed by atoms with Crippen molar-refractivity contribution in [2.75, 3.05) is 13.7 Å². The van der Waals surface area contributed by atoms with Crippen molar-refractivity contribution in [1.29, 1.82) is 0 Å². The van der Waals surface area contributed by atoms with E-state index in [4.69, 9.17) is 4.74 Å². The molecule has 1 N–H and O–H groups in total. The molecule has 1 heterocycles. The number of hydrogen-bond acceptors (Lipinski definition) is 5. The van der Waals surface area contributed by atoms with Gasteiger partial charge in [0.15, 0.2) is 0 Å². The summed E-state index contributed by atoms with van der Waals surface area (Å²) in [6, 6.07) is 13.0. The largest absolute Gasteiger partial charge is 0.496 e. The smallest absolute Gasteiger partial charge is 0.240 e. The topological polar surface area (TPSA) is 68.3 Å². The molecule has 0 aliphatic heterocycles. The van der Waals surface area contributed by atoms with Gasteiger partial charge < -0.3 is 4.74 Å². The number of thiazole rings is 1. The Hall–Kier alpha value is -2.22. The summed E-state index contributed by atoms with van der Waals surface area (Å²) in [5, 5.41) is 2.92. The van der Waals surface area contributed by atoms with Crippen LogP contribution in [0.25, 0.3) is 10.6 Å². The number of methoxy groups -OCH3 is 1. The van der Waals surface area contributed by atoms with E-state index in [0.717, 1.165) is 21.8 Å². The maximum absolute atomic E-state index is 12.5. The first-order valence-electron chi connectivity index (χ1n) is 8.55. The van der Waals surface area contributed by atoms with Gasteiger partial charge in [-0.25, -0.2) is 18.1 Å². The average molecular weight is 403 g/mol. The summed E-state index contributed by atoms with van der Waals surface area (Å²) in [5.41, 5.74) is 3.94. The Morgan fingerprint density at radius 1 is 1.11 bits per heavy atom. The number of rotatable bonds is 7. The van der Waals surface area contributed by atoms with Crippen LogP contribution in [0.3, 0.4) is 0 Å². The fraction of sp³-hybridized carbons (Fsp3) is 0.250. The molecular weight excluding hydrogens is 380 g/mol. The molecule has 0 unspecified atom stereocenters. The third kappa shape index (κ3) is 4.74.